The third-order valence-corrected chi connectivity index (χ3v) is 6.22. The number of hydrogen-bond acceptors (Lipinski definition) is 5. The maximum absolute atomic E-state index is 12.4. The summed E-state index contributed by atoms with van der Waals surface area (Å²) in [6.45, 7) is 11.9. The number of piperazine rings is 2. The second-order valence-corrected chi connectivity index (χ2v) is 7.83. The Morgan fingerprint density at radius 2 is 1.85 bits per heavy atom. The highest BCUT2D eigenvalue weighted by Crippen LogP contribution is 2.13. The standard InChI is InChI=1S/C13H28N4O2S/c1-3-16-8-9-17(12-13(16)2)20(18,19)11-10-15-6-4-14-5-7-15/h13-14H,3-12H2,1-2H3. The van der Waals surface area contributed by atoms with E-state index in [1.807, 2.05) is 0 Å². The first-order valence-corrected chi connectivity index (χ1v) is 9.29. The molecule has 0 spiro atoms. The molecule has 2 aliphatic heterocycles. The van der Waals surface area contributed by atoms with Crippen molar-refractivity contribution in [3.8, 4) is 0 Å². The zero-order valence-corrected chi connectivity index (χ0v) is 13.5. The number of likely N-dealkylation sites (N-methyl/N-ethyl adjacent to an activating group) is 1. The van der Waals surface area contributed by atoms with Gasteiger partial charge in [-0.05, 0) is 13.5 Å². The van der Waals surface area contributed by atoms with Crippen LogP contribution in [0.4, 0.5) is 0 Å². The molecule has 6 nitrogen and oxygen atoms in total. The summed E-state index contributed by atoms with van der Waals surface area (Å²) in [5, 5.41) is 3.29. The van der Waals surface area contributed by atoms with Gasteiger partial charge < -0.3 is 5.32 Å². The van der Waals surface area contributed by atoms with Crippen LogP contribution in [0.1, 0.15) is 13.8 Å². The van der Waals surface area contributed by atoms with E-state index in [-0.39, 0.29) is 5.75 Å². The van der Waals surface area contributed by atoms with Crippen LogP contribution in [-0.2, 0) is 10.0 Å². The van der Waals surface area contributed by atoms with E-state index in [0.717, 1.165) is 39.3 Å². The summed E-state index contributed by atoms with van der Waals surface area (Å²) in [6, 6.07) is 0.322. The van der Waals surface area contributed by atoms with Crippen LogP contribution in [0.3, 0.4) is 0 Å². The fraction of sp³-hybridized carbons (Fsp3) is 1.00. The number of rotatable bonds is 5. The summed E-state index contributed by atoms with van der Waals surface area (Å²) < 4.78 is 26.6. The minimum absolute atomic E-state index is 0.256. The van der Waals surface area contributed by atoms with Crippen molar-refractivity contribution in [3.05, 3.63) is 0 Å². The van der Waals surface area contributed by atoms with Gasteiger partial charge >= 0.3 is 0 Å². The molecular weight excluding hydrogens is 276 g/mol. The van der Waals surface area contributed by atoms with Gasteiger partial charge in [0.05, 0.1) is 5.75 Å². The fourth-order valence-corrected chi connectivity index (χ4v) is 4.54. The highest BCUT2D eigenvalue weighted by Gasteiger charge is 2.30. The molecule has 0 aromatic carbocycles. The zero-order chi connectivity index (χ0) is 14.6. The number of nitrogens with one attached hydrogen (secondary N) is 1. The number of nitrogens with zero attached hydrogens (tertiary/aromatic N) is 3. The van der Waals surface area contributed by atoms with Crippen molar-refractivity contribution in [3.63, 3.8) is 0 Å². The predicted molar refractivity (Wildman–Crippen MR) is 81.4 cm³/mol. The maximum atomic E-state index is 12.4. The quantitative estimate of drug-likeness (QED) is 0.724. The molecule has 1 atom stereocenters. The van der Waals surface area contributed by atoms with Crippen molar-refractivity contribution < 1.29 is 8.42 Å². The molecule has 0 aliphatic carbocycles. The third kappa shape index (κ3) is 4.14. The Kier molecular flexibility index (Phi) is 5.80. The highest BCUT2D eigenvalue weighted by molar-refractivity contribution is 7.89. The van der Waals surface area contributed by atoms with Crippen LogP contribution in [0.5, 0.6) is 0 Å². The second-order valence-electron chi connectivity index (χ2n) is 5.74. The predicted octanol–water partition coefficient (Wildman–Crippen LogP) is -0.753. The van der Waals surface area contributed by atoms with Crippen LogP contribution in [0, 0.1) is 0 Å². The minimum Gasteiger partial charge on any atom is -0.314 e. The van der Waals surface area contributed by atoms with Gasteiger partial charge in [0.15, 0.2) is 0 Å². The first-order valence-electron chi connectivity index (χ1n) is 7.68. The molecule has 0 aromatic rings. The normalized spacial score (nSPS) is 27.8. The fourth-order valence-electron chi connectivity index (χ4n) is 2.99. The molecule has 2 heterocycles. The molecule has 0 bridgehead atoms. The molecule has 0 radical (unpaired) electrons. The Morgan fingerprint density at radius 3 is 2.45 bits per heavy atom. The first kappa shape index (κ1) is 16.2. The van der Waals surface area contributed by atoms with Crippen molar-refractivity contribution in [2.75, 3.05) is 64.7 Å². The number of sulfonamides is 1. The Labute approximate surface area is 123 Å². The second kappa shape index (κ2) is 7.17. The SMILES string of the molecule is CCN1CCN(S(=O)(=O)CCN2CCNCC2)CC1C. The Morgan fingerprint density at radius 1 is 1.15 bits per heavy atom. The van der Waals surface area contributed by atoms with Gasteiger partial charge in [0.1, 0.15) is 0 Å². The topological polar surface area (TPSA) is 55.9 Å². The van der Waals surface area contributed by atoms with E-state index in [0.29, 0.717) is 25.7 Å². The lowest BCUT2D eigenvalue weighted by atomic mass is 10.2. The van der Waals surface area contributed by atoms with E-state index in [1.54, 1.807) is 4.31 Å². The highest BCUT2D eigenvalue weighted by atomic mass is 32.2. The van der Waals surface area contributed by atoms with Crippen molar-refractivity contribution >= 4 is 10.0 Å². The van der Waals surface area contributed by atoms with Crippen molar-refractivity contribution in [1.29, 1.82) is 0 Å². The first-order chi connectivity index (χ1) is 9.53. The van der Waals surface area contributed by atoms with Crippen LogP contribution in [0.2, 0.25) is 0 Å². The summed E-state index contributed by atoms with van der Waals surface area (Å²) in [7, 11) is -3.10. The third-order valence-electron chi connectivity index (χ3n) is 4.40. The lowest BCUT2D eigenvalue weighted by Gasteiger charge is -2.38. The molecule has 2 rings (SSSR count). The molecule has 0 aromatic heterocycles. The Bertz CT molecular complexity index is 395. The van der Waals surface area contributed by atoms with Crippen LogP contribution >= 0.6 is 0 Å². The summed E-state index contributed by atoms with van der Waals surface area (Å²) in [4.78, 5) is 4.57. The van der Waals surface area contributed by atoms with E-state index < -0.39 is 10.0 Å². The van der Waals surface area contributed by atoms with E-state index in [9.17, 15) is 8.42 Å². The molecule has 0 saturated carbocycles. The average molecular weight is 304 g/mol. The Balaban J connectivity index is 1.83. The van der Waals surface area contributed by atoms with Gasteiger partial charge in [-0.15, -0.1) is 0 Å². The summed E-state index contributed by atoms with van der Waals surface area (Å²) >= 11 is 0. The zero-order valence-electron chi connectivity index (χ0n) is 12.7. The van der Waals surface area contributed by atoms with Gasteiger partial charge in [0.2, 0.25) is 10.0 Å². The van der Waals surface area contributed by atoms with Gasteiger partial charge in [-0.25, -0.2) is 8.42 Å². The van der Waals surface area contributed by atoms with E-state index in [1.165, 1.54) is 0 Å². The van der Waals surface area contributed by atoms with Gasteiger partial charge in [0.25, 0.3) is 0 Å². The van der Waals surface area contributed by atoms with E-state index >= 15 is 0 Å². The van der Waals surface area contributed by atoms with E-state index in [4.69, 9.17) is 0 Å². The molecule has 2 aliphatic rings. The molecule has 0 amide bonds. The van der Waals surface area contributed by atoms with Gasteiger partial charge in [-0.3, -0.25) is 9.80 Å². The molecule has 2 fully saturated rings. The summed E-state index contributed by atoms with van der Waals surface area (Å²) in [6.07, 6.45) is 0. The molecule has 1 N–H and O–H groups in total. The van der Waals surface area contributed by atoms with Gasteiger partial charge in [-0.2, -0.15) is 4.31 Å². The number of hydrogen-bond donors (Lipinski definition) is 1. The lowest BCUT2D eigenvalue weighted by Crippen LogP contribution is -2.54. The van der Waals surface area contributed by atoms with Crippen molar-refractivity contribution in [2.24, 2.45) is 0 Å². The molecular formula is C13H28N4O2S. The maximum Gasteiger partial charge on any atom is 0.215 e. The Hall–Kier alpha value is -0.210. The van der Waals surface area contributed by atoms with E-state index in [2.05, 4.69) is 29.0 Å². The van der Waals surface area contributed by atoms with Crippen LogP contribution in [0.15, 0.2) is 0 Å². The van der Waals surface area contributed by atoms with Crippen LogP contribution < -0.4 is 5.32 Å². The van der Waals surface area contributed by atoms with Crippen LogP contribution in [0.25, 0.3) is 0 Å². The van der Waals surface area contributed by atoms with Crippen molar-refractivity contribution in [1.82, 2.24) is 19.4 Å². The largest absolute Gasteiger partial charge is 0.314 e. The molecule has 1 unspecified atom stereocenters. The monoisotopic (exact) mass is 304 g/mol. The summed E-state index contributed by atoms with van der Waals surface area (Å²) in [5.41, 5.74) is 0. The molecule has 2 saturated heterocycles. The minimum atomic E-state index is -3.10. The van der Waals surface area contributed by atoms with Crippen molar-refractivity contribution in [2.45, 2.75) is 19.9 Å². The molecule has 118 valence electrons. The molecule has 7 heteroatoms. The van der Waals surface area contributed by atoms with Gasteiger partial charge in [-0.1, -0.05) is 6.92 Å². The summed E-state index contributed by atoms with van der Waals surface area (Å²) in [5.74, 6) is 0.256. The molecule has 20 heavy (non-hydrogen) atoms. The smallest absolute Gasteiger partial charge is 0.215 e. The lowest BCUT2D eigenvalue weighted by molar-refractivity contribution is 0.135. The van der Waals surface area contributed by atoms with Gasteiger partial charge in [0, 0.05) is 58.4 Å². The average Bonchev–Trinajstić information content (AvgIpc) is 2.46. The van der Waals surface area contributed by atoms with Crippen LogP contribution in [-0.4, -0.2) is 93.2 Å².